The summed E-state index contributed by atoms with van der Waals surface area (Å²) in [5, 5.41) is 0. The number of allylic oxidation sites excluding steroid dienone is 5. The molecule has 0 bridgehead atoms. The van der Waals surface area contributed by atoms with E-state index in [9.17, 15) is 0 Å². The molecule has 0 unspecified atom stereocenters. The second-order valence-corrected chi connectivity index (χ2v) is 4.31. The van der Waals surface area contributed by atoms with E-state index in [4.69, 9.17) is 0 Å². The van der Waals surface area contributed by atoms with Gasteiger partial charge in [-0.3, -0.25) is 0 Å². The van der Waals surface area contributed by atoms with Gasteiger partial charge in [0.25, 0.3) is 0 Å². The average molecular weight is 290 g/mol. The summed E-state index contributed by atoms with van der Waals surface area (Å²) < 4.78 is 0. The van der Waals surface area contributed by atoms with Gasteiger partial charge in [-0.2, -0.15) is 0 Å². The monoisotopic (exact) mass is 290 g/mol. The summed E-state index contributed by atoms with van der Waals surface area (Å²) in [5.41, 5.74) is 2.01. The molecule has 0 saturated heterocycles. The molecular formula is C17H22S2. The third kappa shape index (κ3) is 6.04. The van der Waals surface area contributed by atoms with Crippen LogP contribution in [0.3, 0.4) is 0 Å². The van der Waals surface area contributed by atoms with Crippen molar-refractivity contribution in [3.8, 4) is 0 Å². The zero-order valence-corrected chi connectivity index (χ0v) is 13.6. The van der Waals surface area contributed by atoms with Crippen LogP contribution >= 0.6 is 25.3 Å². The molecular weight excluding hydrogens is 268 g/mol. The number of thiol groups is 2. The SMILES string of the molecule is C=CC(=C\C=C/C)/C(S)=C(/S)c1ccccc1.CC. The molecule has 2 heteroatoms. The molecule has 0 radical (unpaired) electrons. The fourth-order valence-electron chi connectivity index (χ4n) is 1.31. The molecule has 0 heterocycles. The van der Waals surface area contributed by atoms with E-state index in [1.165, 1.54) is 0 Å². The van der Waals surface area contributed by atoms with E-state index in [1.54, 1.807) is 6.08 Å². The van der Waals surface area contributed by atoms with Gasteiger partial charge in [0.2, 0.25) is 0 Å². The Morgan fingerprint density at radius 3 is 2.16 bits per heavy atom. The van der Waals surface area contributed by atoms with Crippen LogP contribution in [-0.2, 0) is 0 Å². The van der Waals surface area contributed by atoms with Crippen LogP contribution in [0, 0.1) is 0 Å². The molecule has 19 heavy (non-hydrogen) atoms. The Balaban J connectivity index is 0.00000154. The molecule has 102 valence electrons. The van der Waals surface area contributed by atoms with Gasteiger partial charge in [0.05, 0.1) is 0 Å². The average Bonchev–Trinajstić information content (AvgIpc) is 2.50. The molecule has 1 aromatic carbocycles. The Morgan fingerprint density at radius 2 is 1.68 bits per heavy atom. The highest BCUT2D eigenvalue weighted by atomic mass is 32.1. The Labute approximate surface area is 128 Å². The van der Waals surface area contributed by atoms with Gasteiger partial charge in [0, 0.05) is 9.81 Å². The van der Waals surface area contributed by atoms with Crippen LogP contribution in [0.25, 0.3) is 4.91 Å². The lowest BCUT2D eigenvalue weighted by Gasteiger charge is -2.07. The van der Waals surface area contributed by atoms with Crippen LogP contribution < -0.4 is 0 Å². The third-order valence-electron chi connectivity index (χ3n) is 2.23. The molecule has 0 aliphatic carbocycles. The molecule has 1 aromatic rings. The topological polar surface area (TPSA) is 0 Å². The highest BCUT2D eigenvalue weighted by Crippen LogP contribution is 2.29. The normalized spacial score (nSPS) is 12.6. The van der Waals surface area contributed by atoms with E-state index in [0.717, 1.165) is 20.9 Å². The zero-order chi connectivity index (χ0) is 14.7. The van der Waals surface area contributed by atoms with Crippen LogP contribution in [0.15, 0.2) is 71.7 Å². The summed E-state index contributed by atoms with van der Waals surface area (Å²) in [6.07, 6.45) is 7.67. The van der Waals surface area contributed by atoms with Crippen molar-refractivity contribution in [1.29, 1.82) is 0 Å². The van der Waals surface area contributed by atoms with Gasteiger partial charge in [-0.05, 0) is 18.1 Å². The van der Waals surface area contributed by atoms with Gasteiger partial charge < -0.3 is 0 Å². The molecule has 0 aromatic heterocycles. The van der Waals surface area contributed by atoms with Crippen LogP contribution in [0.1, 0.15) is 26.3 Å². The Hall–Kier alpha value is -1.12. The first kappa shape index (κ1) is 17.9. The molecule has 0 nitrogen and oxygen atoms in total. The van der Waals surface area contributed by atoms with E-state index in [-0.39, 0.29) is 0 Å². The quantitative estimate of drug-likeness (QED) is 0.498. The smallest absolute Gasteiger partial charge is 0.0253 e. The standard InChI is InChI=1S/C15H16S2.C2H6/c1-3-5-9-12(4-2)14(16)15(17)13-10-7-6-8-11-13;1-2/h3-11,16-17H,2H2,1H3;1-2H3/b5-3-,12-9+,15-14-;. The number of hydrogen-bond acceptors (Lipinski definition) is 2. The fourth-order valence-corrected chi connectivity index (χ4v) is 1.89. The maximum atomic E-state index is 4.52. The number of benzene rings is 1. The lowest BCUT2D eigenvalue weighted by Crippen LogP contribution is -1.84. The van der Waals surface area contributed by atoms with E-state index < -0.39 is 0 Å². The van der Waals surface area contributed by atoms with Crippen LogP contribution in [0.4, 0.5) is 0 Å². The highest BCUT2D eigenvalue weighted by molar-refractivity contribution is 7.93. The minimum Gasteiger partial charge on any atom is -0.142 e. The van der Waals surface area contributed by atoms with Crippen LogP contribution in [0.2, 0.25) is 0 Å². The van der Waals surface area contributed by atoms with Crippen molar-refractivity contribution in [3.63, 3.8) is 0 Å². The lowest BCUT2D eigenvalue weighted by molar-refractivity contribution is 1.50. The Morgan fingerprint density at radius 1 is 1.11 bits per heavy atom. The van der Waals surface area contributed by atoms with Crippen LogP contribution in [-0.4, -0.2) is 0 Å². The molecule has 0 atom stereocenters. The number of hydrogen-bond donors (Lipinski definition) is 2. The Bertz CT molecular complexity index is 465. The highest BCUT2D eigenvalue weighted by Gasteiger charge is 2.04. The first-order chi connectivity index (χ1) is 9.20. The van der Waals surface area contributed by atoms with Crippen molar-refractivity contribution >= 4 is 30.2 Å². The summed E-state index contributed by atoms with van der Waals surface area (Å²) in [4.78, 5) is 1.68. The van der Waals surface area contributed by atoms with Gasteiger partial charge >= 0.3 is 0 Å². The van der Waals surface area contributed by atoms with Crippen molar-refractivity contribution in [3.05, 3.63) is 77.3 Å². The van der Waals surface area contributed by atoms with E-state index in [1.807, 2.05) is 69.3 Å². The van der Waals surface area contributed by atoms with Crippen molar-refractivity contribution in [2.24, 2.45) is 0 Å². The first-order valence-corrected chi connectivity index (χ1v) is 7.23. The van der Waals surface area contributed by atoms with Gasteiger partial charge in [0.15, 0.2) is 0 Å². The van der Waals surface area contributed by atoms with E-state index in [0.29, 0.717) is 0 Å². The summed E-state index contributed by atoms with van der Waals surface area (Å²) in [5.74, 6) is 0. The van der Waals surface area contributed by atoms with E-state index in [2.05, 4.69) is 31.8 Å². The minimum absolute atomic E-state index is 0.827. The predicted molar refractivity (Wildman–Crippen MR) is 95.8 cm³/mol. The molecule has 0 amide bonds. The Kier molecular flexibility index (Phi) is 10.1. The van der Waals surface area contributed by atoms with Gasteiger partial charge in [-0.15, -0.1) is 25.3 Å². The first-order valence-electron chi connectivity index (χ1n) is 6.34. The van der Waals surface area contributed by atoms with Gasteiger partial charge in [-0.1, -0.05) is 75.1 Å². The second kappa shape index (κ2) is 10.8. The molecule has 0 fully saturated rings. The summed E-state index contributed by atoms with van der Waals surface area (Å²) >= 11 is 9.03. The largest absolute Gasteiger partial charge is 0.142 e. The lowest BCUT2D eigenvalue weighted by atomic mass is 10.1. The predicted octanol–water partition coefficient (Wildman–Crippen LogP) is 5.93. The summed E-state index contributed by atoms with van der Waals surface area (Å²) in [6.45, 7) is 9.76. The molecule has 0 N–H and O–H groups in total. The maximum Gasteiger partial charge on any atom is 0.0253 e. The number of rotatable bonds is 4. The molecule has 0 aliphatic rings. The van der Waals surface area contributed by atoms with Crippen molar-refractivity contribution in [1.82, 2.24) is 0 Å². The van der Waals surface area contributed by atoms with Crippen molar-refractivity contribution in [2.45, 2.75) is 20.8 Å². The van der Waals surface area contributed by atoms with Crippen LogP contribution in [0.5, 0.6) is 0 Å². The van der Waals surface area contributed by atoms with Crippen molar-refractivity contribution in [2.75, 3.05) is 0 Å². The second-order valence-electron chi connectivity index (χ2n) is 3.42. The summed E-state index contributed by atoms with van der Waals surface area (Å²) in [7, 11) is 0. The molecule has 0 spiro atoms. The minimum atomic E-state index is 0.827. The maximum absolute atomic E-state index is 4.52. The zero-order valence-electron chi connectivity index (χ0n) is 11.8. The van der Waals surface area contributed by atoms with Gasteiger partial charge in [-0.25, -0.2) is 0 Å². The van der Waals surface area contributed by atoms with Crippen molar-refractivity contribution < 1.29 is 0 Å². The van der Waals surface area contributed by atoms with Gasteiger partial charge in [0.1, 0.15) is 0 Å². The fraction of sp³-hybridized carbons (Fsp3) is 0.176. The third-order valence-corrected chi connectivity index (χ3v) is 3.37. The molecule has 0 aliphatic heterocycles. The molecule has 1 rings (SSSR count). The summed E-state index contributed by atoms with van der Waals surface area (Å²) in [6, 6.07) is 9.96. The van der Waals surface area contributed by atoms with E-state index >= 15 is 0 Å². The molecule has 0 saturated carbocycles.